The number of fused-ring (bicyclic) bond motifs is 1. The zero-order valence-electron chi connectivity index (χ0n) is 17.8. The van der Waals surface area contributed by atoms with Gasteiger partial charge in [-0.2, -0.15) is 0 Å². The zero-order chi connectivity index (χ0) is 24.6. The third kappa shape index (κ3) is 4.35. The molecule has 2 aliphatic rings. The van der Waals surface area contributed by atoms with E-state index in [9.17, 15) is 29.4 Å². The Hall–Kier alpha value is -3.83. The number of β-lactam (4-membered cyclic amide) rings is 1. The predicted molar refractivity (Wildman–Crippen MR) is 123 cm³/mol. The van der Waals surface area contributed by atoms with E-state index >= 15 is 0 Å². The maximum Gasteiger partial charge on any atom is 0.352 e. The number of carbonyl (C=O) groups is 4. The van der Waals surface area contributed by atoms with Crippen LogP contribution < -0.4 is 16.8 Å². The average molecular weight is 483 g/mol. The van der Waals surface area contributed by atoms with Crippen LogP contribution in [0.2, 0.25) is 0 Å². The molecule has 11 heteroatoms. The van der Waals surface area contributed by atoms with Crippen LogP contribution in [0.4, 0.5) is 0 Å². The minimum absolute atomic E-state index is 0.0346. The Morgan fingerprint density at radius 1 is 1.12 bits per heavy atom. The van der Waals surface area contributed by atoms with E-state index < -0.39 is 41.1 Å². The molecule has 3 atom stereocenters. The topological polar surface area (TPSA) is 176 Å². The van der Waals surface area contributed by atoms with Gasteiger partial charge < -0.3 is 27.0 Å². The van der Waals surface area contributed by atoms with Crippen molar-refractivity contribution in [1.29, 1.82) is 0 Å². The number of carboxylic acid groups (broad SMARTS) is 1. The van der Waals surface area contributed by atoms with Gasteiger partial charge in [0.05, 0.1) is 0 Å². The Kier molecular flexibility index (Phi) is 6.31. The number of nitrogens with one attached hydrogen (secondary N) is 1. The van der Waals surface area contributed by atoms with Crippen molar-refractivity contribution in [1.82, 2.24) is 10.2 Å². The summed E-state index contributed by atoms with van der Waals surface area (Å²) in [5, 5.41) is 21.3. The van der Waals surface area contributed by atoms with Crippen molar-refractivity contribution in [2.24, 2.45) is 11.5 Å². The summed E-state index contributed by atoms with van der Waals surface area (Å²) in [6.45, 7) is 0. The van der Waals surface area contributed by atoms with Gasteiger partial charge in [-0.05, 0) is 47.4 Å². The summed E-state index contributed by atoms with van der Waals surface area (Å²) in [6, 6.07) is 10.4. The summed E-state index contributed by atoms with van der Waals surface area (Å²) in [6.07, 6.45) is 0.285. The van der Waals surface area contributed by atoms with Crippen molar-refractivity contribution in [2.45, 2.75) is 23.9 Å². The monoisotopic (exact) mass is 482 g/mol. The number of hydrogen-bond donors (Lipinski definition) is 5. The Morgan fingerprint density at radius 2 is 1.76 bits per heavy atom. The van der Waals surface area contributed by atoms with E-state index in [4.69, 9.17) is 11.5 Å². The third-order valence-electron chi connectivity index (χ3n) is 5.74. The molecule has 0 bridgehead atoms. The van der Waals surface area contributed by atoms with Gasteiger partial charge in [-0.3, -0.25) is 19.3 Å². The number of amides is 3. The van der Waals surface area contributed by atoms with E-state index in [2.05, 4.69) is 5.32 Å². The Balaban J connectivity index is 1.48. The van der Waals surface area contributed by atoms with Gasteiger partial charge in [0.2, 0.25) is 11.8 Å². The van der Waals surface area contributed by atoms with Crippen LogP contribution in [0.5, 0.6) is 5.75 Å². The Labute approximate surface area is 198 Å². The lowest BCUT2D eigenvalue weighted by atomic mass is 9.98. The lowest BCUT2D eigenvalue weighted by molar-refractivity contribution is -0.150. The molecule has 34 heavy (non-hydrogen) atoms. The van der Waals surface area contributed by atoms with E-state index in [1.807, 2.05) is 0 Å². The van der Waals surface area contributed by atoms with Gasteiger partial charge in [-0.1, -0.05) is 24.3 Å². The number of primary amides is 1. The van der Waals surface area contributed by atoms with Gasteiger partial charge in [0.15, 0.2) is 0 Å². The highest BCUT2D eigenvalue weighted by molar-refractivity contribution is 8.00. The fourth-order valence-electron chi connectivity index (χ4n) is 3.93. The largest absolute Gasteiger partial charge is 0.508 e. The van der Waals surface area contributed by atoms with Crippen LogP contribution in [0.3, 0.4) is 0 Å². The fourth-order valence-corrected chi connectivity index (χ4v) is 5.27. The first kappa shape index (κ1) is 23.3. The number of carboxylic acids is 1. The van der Waals surface area contributed by atoms with Crippen LogP contribution in [-0.4, -0.2) is 56.0 Å². The van der Waals surface area contributed by atoms with Gasteiger partial charge in [-0.15, -0.1) is 11.8 Å². The van der Waals surface area contributed by atoms with Crippen LogP contribution in [0, 0.1) is 0 Å². The van der Waals surface area contributed by atoms with E-state index in [0.717, 1.165) is 5.56 Å². The van der Waals surface area contributed by atoms with Crippen LogP contribution in [0.25, 0.3) is 0 Å². The molecule has 1 saturated heterocycles. The van der Waals surface area contributed by atoms with Gasteiger partial charge in [0, 0.05) is 11.3 Å². The standard InChI is InChI=1S/C23H22N4O6S/c24-16(12-5-7-15(28)8-6-12)20(30)26-17-21(31)27-18(23(32)33)14(10-34-22(17)27)9-11-1-3-13(4-2-11)19(25)29/h1-8,16-17,22,28H,9-10,24H2,(H2,25,29)(H,26,30)(H,32,33)/t16-,17-,22-/m1/s1. The first-order valence-electron chi connectivity index (χ1n) is 10.3. The SMILES string of the molecule is NC(=O)c1ccc(CC2=C(C(=O)O)N3C(=O)[C@@H](NC(=O)[C@H](N)c4ccc(O)cc4)[C@H]3SC2)cc1. The molecule has 2 aromatic rings. The summed E-state index contributed by atoms with van der Waals surface area (Å²) in [5.74, 6) is -2.50. The second-order valence-electron chi connectivity index (χ2n) is 7.96. The summed E-state index contributed by atoms with van der Waals surface area (Å²) in [4.78, 5) is 49.9. The molecular formula is C23H22N4O6S. The van der Waals surface area contributed by atoms with E-state index in [1.54, 1.807) is 24.3 Å². The van der Waals surface area contributed by atoms with Crippen molar-refractivity contribution >= 4 is 35.5 Å². The third-order valence-corrected chi connectivity index (χ3v) is 7.08. The summed E-state index contributed by atoms with van der Waals surface area (Å²) >= 11 is 1.35. The normalized spacial score (nSPS) is 20.3. The first-order valence-corrected chi connectivity index (χ1v) is 11.4. The quantitative estimate of drug-likeness (QED) is 0.354. The van der Waals surface area contributed by atoms with Gasteiger partial charge in [-0.25, -0.2) is 4.79 Å². The predicted octanol–water partition coefficient (Wildman–Crippen LogP) is 0.472. The Morgan fingerprint density at radius 3 is 2.35 bits per heavy atom. The molecule has 2 heterocycles. The van der Waals surface area contributed by atoms with Crippen LogP contribution in [0.15, 0.2) is 59.8 Å². The summed E-state index contributed by atoms with van der Waals surface area (Å²) in [7, 11) is 0. The minimum atomic E-state index is -1.23. The smallest absolute Gasteiger partial charge is 0.352 e. The molecule has 10 nitrogen and oxygen atoms in total. The molecule has 0 unspecified atom stereocenters. The van der Waals surface area contributed by atoms with Crippen molar-refractivity contribution in [2.75, 3.05) is 5.75 Å². The molecule has 7 N–H and O–H groups in total. The second kappa shape index (κ2) is 9.20. The van der Waals surface area contributed by atoms with E-state index in [1.165, 1.54) is 40.9 Å². The summed E-state index contributed by atoms with van der Waals surface area (Å²) < 4.78 is 0. The highest BCUT2D eigenvalue weighted by Crippen LogP contribution is 2.41. The molecule has 0 radical (unpaired) electrons. The lowest BCUT2D eigenvalue weighted by Gasteiger charge is -2.49. The van der Waals surface area contributed by atoms with Crippen molar-refractivity contribution in [3.05, 3.63) is 76.5 Å². The second-order valence-corrected chi connectivity index (χ2v) is 9.07. The molecule has 0 spiro atoms. The maximum atomic E-state index is 12.8. The van der Waals surface area contributed by atoms with Gasteiger partial charge in [0.1, 0.15) is 28.9 Å². The van der Waals surface area contributed by atoms with Crippen LogP contribution in [0.1, 0.15) is 27.5 Å². The number of nitrogens with zero attached hydrogens (tertiary/aromatic N) is 1. The number of aliphatic carboxylic acids is 1. The first-order chi connectivity index (χ1) is 16.2. The highest BCUT2D eigenvalue weighted by atomic mass is 32.2. The van der Waals surface area contributed by atoms with Crippen molar-refractivity contribution < 1.29 is 29.4 Å². The molecule has 4 rings (SSSR count). The highest BCUT2D eigenvalue weighted by Gasteiger charge is 2.54. The average Bonchev–Trinajstić information content (AvgIpc) is 2.82. The number of hydrogen-bond acceptors (Lipinski definition) is 7. The fraction of sp³-hybridized carbons (Fsp3) is 0.217. The number of carbonyl (C=O) groups excluding carboxylic acids is 3. The molecular weight excluding hydrogens is 460 g/mol. The molecule has 1 fully saturated rings. The number of phenolic OH excluding ortho intramolecular Hbond substituents is 1. The Bertz CT molecular complexity index is 1190. The molecule has 0 aliphatic carbocycles. The molecule has 176 valence electrons. The van der Waals surface area contributed by atoms with Gasteiger partial charge in [0.25, 0.3) is 5.91 Å². The molecule has 2 aromatic carbocycles. The van der Waals surface area contributed by atoms with Gasteiger partial charge >= 0.3 is 5.97 Å². The summed E-state index contributed by atoms with van der Waals surface area (Å²) in [5.41, 5.74) is 13.3. The molecule has 0 saturated carbocycles. The van der Waals surface area contributed by atoms with E-state index in [-0.39, 0.29) is 17.9 Å². The number of rotatable bonds is 7. The lowest BCUT2D eigenvalue weighted by Crippen LogP contribution is -2.71. The number of benzene rings is 2. The van der Waals surface area contributed by atoms with Crippen LogP contribution >= 0.6 is 11.8 Å². The minimum Gasteiger partial charge on any atom is -0.508 e. The number of thioether (sulfide) groups is 1. The van der Waals surface area contributed by atoms with Crippen molar-refractivity contribution in [3.8, 4) is 5.75 Å². The molecule has 0 aromatic heterocycles. The maximum absolute atomic E-state index is 12.8. The number of phenols is 1. The molecule has 3 amide bonds. The number of nitrogens with two attached hydrogens (primary N) is 2. The van der Waals surface area contributed by atoms with Crippen LogP contribution in [-0.2, 0) is 20.8 Å². The van der Waals surface area contributed by atoms with Crippen molar-refractivity contribution in [3.63, 3.8) is 0 Å². The molecule has 2 aliphatic heterocycles. The number of aromatic hydroxyl groups is 1. The zero-order valence-corrected chi connectivity index (χ0v) is 18.6. The van der Waals surface area contributed by atoms with E-state index in [0.29, 0.717) is 22.5 Å².